The number of carbonyl (C=O) groups excluding carboxylic acids is 1. The molecule has 0 aliphatic carbocycles. The third kappa shape index (κ3) is 4.97. The largest absolute Gasteiger partial charge is 0.341 e. The van der Waals surface area contributed by atoms with E-state index >= 15 is 0 Å². The van der Waals surface area contributed by atoms with E-state index in [0.29, 0.717) is 26.2 Å². The maximum Gasteiger partial charge on any atom is 0.317 e. The van der Waals surface area contributed by atoms with E-state index in [1.54, 1.807) is 28.3 Å². The first-order valence-electron chi connectivity index (χ1n) is 8.70. The Morgan fingerprint density at radius 2 is 1.76 bits per heavy atom. The van der Waals surface area contributed by atoms with Gasteiger partial charge in [-0.05, 0) is 18.9 Å². The van der Waals surface area contributed by atoms with Gasteiger partial charge in [-0.1, -0.05) is 0 Å². The fourth-order valence-electron chi connectivity index (χ4n) is 3.27. The van der Waals surface area contributed by atoms with Crippen molar-refractivity contribution < 1.29 is 13.6 Å². The first-order valence-corrected chi connectivity index (χ1v) is 8.70. The van der Waals surface area contributed by atoms with Crippen molar-refractivity contribution in [1.29, 1.82) is 0 Å². The molecule has 2 amide bonds. The monoisotopic (exact) mass is 354 g/mol. The van der Waals surface area contributed by atoms with Gasteiger partial charge < -0.3 is 15.1 Å². The Balaban J connectivity index is 1.40. The van der Waals surface area contributed by atoms with Gasteiger partial charge in [0, 0.05) is 57.7 Å². The molecule has 0 aromatic carbocycles. The second-order valence-corrected chi connectivity index (χ2v) is 6.44. The van der Waals surface area contributed by atoms with Gasteiger partial charge >= 0.3 is 6.03 Å². The molecule has 2 fully saturated rings. The molecule has 3 heterocycles. The lowest BCUT2D eigenvalue weighted by atomic mass is 10.1. The van der Waals surface area contributed by atoms with Crippen LogP contribution in [0.2, 0.25) is 0 Å². The number of piperidine rings is 1. The standard InChI is InChI=1S/C16H24F2N6O/c17-14(18)12-22-8-10-24(11-9-22)16(25)21-13-2-6-23(7-3-13)15-19-4-1-5-20-15/h1,4-5,13-14H,2-3,6-12H2,(H,21,25). The van der Waals surface area contributed by atoms with E-state index in [2.05, 4.69) is 20.2 Å². The van der Waals surface area contributed by atoms with Crippen LogP contribution in [0.25, 0.3) is 0 Å². The normalized spacial score (nSPS) is 20.1. The van der Waals surface area contributed by atoms with Crippen LogP contribution in [0, 0.1) is 0 Å². The number of rotatable bonds is 4. The van der Waals surface area contributed by atoms with Crippen molar-refractivity contribution in [2.75, 3.05) is 50.7 Å². The molecule has 0 unspecified atom stereocenters. The van der Waals surface area contributed by atoms with Crippen LogP contribution in [-0.2, 0) is 0 Å². The molecule has 9 heteroatoms. The Morgan fingerprint density at radius 1 is 1.12 bits per heavy atom. The minimum atomic E-state index is -2.32. The summed E-state index contributed by atoms with van der Waals surface area (Å²) >= 11 is 0. The van der Waals surface area contributed by atoms with Crippen LogP contribution in [0.3, 0.4) is 0 Å². The molecule has 1 aromatic rings. The molecule has 0 atom stereocenters. The van der Waals surface area contributed by atoms with Crippen molar-refractivity contribution >= 4 is 12.0 Å². The molecular formula is C16H24F2N6O. The number of anilines is 1. The Kier molecular flexibility index (Phi) is 5.95. The fraction of sp³-hybridized carbons (Fsp3) is 0.688. The molecule has 2 aliphatic rings. The van der Waals surface area contributed by atoms with Crippen LogP contribution in [0.15, 0.2) is 18.5 Å². The number of hydrogen-bond acceptors (Lipinski definition) is 5. The number of nitrogens with one attached hydrogen (secondary N) is 1. The second-order valence-electron chi connectivity index (χ2n) is 6.44. The van der Waals surface area contributed by atoms with E-state index in [4.69, 9.17) is 0 Å². The van der Waals surface area contributed by atoms with Gasteiger partial charge in [0.1, 0.15) is 0 Å². The molecule has 0 spiro atoms. The van der Waals surface area contributed by atoms with Gasteiger partial charge in [-0.2, -0.15) is 0 Å². The van der Waals surface area contributed by atoms with Crippen LogP contribution >= 0.6 is 0 Å². The van der Waals surface area contributed by atoms with Crippen molar-refractivity contribution in [3.05, 3.63) is 18.5 Å². The summed E-state index contributed by atoms with van der Waals surface area (Å²) in [4.78, 5) is 26.4. The summed E-state index contributed by atoms with van der Waals surface area (Å²) in [6.07, 6.45) is 2.82. The molecule has 2 saturated heterocycles. The average molecular weight is 354 g/mol. The van der Waals surface area contributed by atoms with Gasteiger partial charge in [0.25, 0.3) is 6.43 Å². The number of urea groups is 1. The topological polar surface area (TPSA) is 64.6 Å². The van der Waals surface area contributed by atoms with Crippen LogP contribution < -0.4 is 10.2 Å². The highest BCUT2D eigenvalue weighted by molar-refractivity contribution is 5.74. The summed E-state index contributed by atoms with van der Waals surface area (Å²) in [6, 6.07) is 1.83. The van der Waals surface area contributed by atoms with E-state index < -0.39 is 6.43 Å². The van der Waals surface area contributed by atoms with Crippen molar-refractivity contribution in [2.45, 2.75) is 25.3 Å². The Morgan fingerprint density at radius 3 is 2.36 bits per heavy atom. The molecular weight excluding hydrogens is 330 g/mol. The molecule has 0 bridgehead atoms. The molecule has 0 radical (unpaired) electrons. The smallest absolute Gasteiger partial charge is 0.317 e. The number of halogens is 2. The van der Waals surface area contributed by atoms with Crippen molar-refractivity contribution in [3.63, 3.8) is 0 Å². The minimum absolute atomic E-state index is 0.0916. The molecule has 25 heavy (non-hydrogen) atoms. The summed E-state index contributed by atoms with van der Waals surface area (Å²) in [7, 11) is 0. The maximum absolute atomic E-state index is 12.4. The van der Waals surface area contributed by atoms with E-state index in [1.165, 1.54) is 0 Å². The third-order valence-corrected chi connectivity index (χ3v) is 4.71. The molecule has 3 rings (SSSR count). The third-order valence-electron chi connectivity index (χ3n) is 4.71. The van der Waals surface area contributed by atoms with Gasteiger partial charge in [-0.3, -0.25) is 4.90 Å². The lowest BCUT2D eigenvalue weighted by Gasteiger charge is -2.37. The Bertz CT molecular complexity index is 545. The minimum Gasteiger partial charge on any atom is -0.341 e. The number of carbonyl (C=O) groups is 1. The molecule has 2 aliphatic heterocycles. The number of nitrogens with zero attached hydrogens (tertiary/aromatic N) is 5. The van der Waals surface area contributed by atoms with E-state index in [0.717, 1.165) is 31.9 Å². The van der Waals surface area contributed by atoms with Gasteiger partial charge in [0.05, 0.1) is 6.54 Å². The van der Waals surface area contributed by atoms with Crippen LogP contribution in [0.4, 0.5) is 19.5 Å². The number of piperazine rings is 1. The van der Waals surface area contributed by atoms with Gasteiger partial charge in [0.2, 0.25) is 5.95 Å². The van der Waals surface area contributed by atoms with Crippen LogP contribution in [0.5, 0.6) is 0 Å². The first-order chi connectivity index (χ1) is 12.1. The molecule has 1 N–H and O–H groups in total. The zero-order chi connectivity index (χ0) is 17.6. The number of aromatic nitrogens is 2. The quantitative estimate of drug-likeness (QED) is 0.875. The highest BCUT2D eigenvalue weighted by Crippen LogP contribution is 2.16. The number of alkyl halides is 2. The Hall–Kier alpha value is -2.03. The van der Waals surface area contributed by atoms with Gasteiger partial charge in [-0.15, -0.1) is 0 Å². The van der Waals surface area contributed by atoms with Crippen LogP contribution in [0.1, 0.15) is 12.8 Å². The number of hydrogen-bond donors (Lipinski definition) is 1. The predicted octanol–water partition coefficient (Wildman–Crippen LogP) is 1.04. The van der Waals surface area contributed by atoms with Crippen LogP contribution in [-0.4, -0.2) is 84.1 Å². The zero-order valence-electron chi connectivity index (χ0n) is 14.2. The maximum atomic E-state index is 12.4. The summed E-state index contributed by atoms with van der Waals surface area (Å²) in [6.45, 7) is 3.39. The first kappa shape index (κ1) is 17.8. The van der Waals surface area contributed by atoms with E-state index in [9.17, 15) is 13.6 Å². The fourth-order valence-corrected chi connectivity index (χ4v) is 3.27. The average Bonchev–Trinajstić information content (AvgIpc) is 2.63. The summed E-state index contributed by atoms with van der Waals surface area (Å²) in [5.41, 5.74) is 0. The van der Waals surface area contributed by atoms with E-state index in [-0.39, 0.29) is 18.6 Å². The van der Waals surface area contributed by atoms with Gasteiger partial charge in [-0.25, -0.2) is 23.5 Å². The zero-order valence-corrected chi connectivity index (χ0v) is 14.2. The number of amides is 2. The molecule has 0 saturated carbocycles. The SMILES string of the molecule is O=C(NC1CCN(c2ncccn2)CC1)N1CCN(CC(F)F)CC1. The summed E-state index contributed by atoms with van der Waals surface area (Å²) in [5.74, 6) is 0.724. The van der Waals surface area contributed by atoms with Gasteiger partial charge in [0.15, 0.2) is 0 Å². The highest BCUT2D eigenvalue weighted by atomic mass is 19.3. The van der Waals surface area contributed by atoms with Crippen molar-refractivity contribution in [3.8, 4) is 0 Å². The lowest BCUT2D eigenvalue weighted by Crippen LogP contribution is -2.55. The molecule has 138 valence electrons. The summed E-state index contributed by atoms with van der Waals surface area (Å²) in [5, 5.41) is 3.07. The summed E-state index contributed by atoms with van der Waals surface area (Å²) < 4.78 is 24.8. The highest BCUT2D eigenvalue weighted by Gasteiger charge is 2.26. The predicted molar refractivity (Wildman–Crippen MR) is 89.8 cm³/mol. The lowest BCUT2D eigenvalue weighted by molar-refractivity contribution is 0.0632. The van der Waals surface area contributed by atoms with E-state index in [1.807, 2.05) is 0 Å². The van der Waals surface area contributed by atoms with Crippen molar-refractivity contribution in [1.82, 2.24) is 25.1 Å². The second kappa shape index (κ2) is 8.37. The molecule has 7 nitrogen and oxygen atoms in total. The van der Waals surface area contributed by atoms with Crippen molar-refractivity contribution in [2.24, 2.45) is 0 Å². The Labute approximate surface area is 146 Å². The molecule has 1 aromatic heterocycles.